The van der Waals surface area contributed by atoms with Crippen molar-refractivity contribution in [3.05, 3.63) is 71.4 Å². The average molecular weight is 488 g/mol. The SMILES string of the molecule is CCN(CC)CCC[C@@H](C)NC(=O)C[C@H](c1cccc(C(F)(F)F)c1)c1cn(C)c2ccccc12. The fourth-order valence-electron chi connectivity index (χ4n) is 4.74. The van der Waals surface area contributed by atoms with Crippen molar-refractivity contribution in [2.45, 2.75) is 58.2 Å². The molecule has 0 bridgehead atoms. The Morgan fingerprint density at radius 2 is 1.80 bits per heavy atom. The number of fused-ring (bicyclic) bond motifs is 1. The summed E-state index contributed by atoms with van der Waals surface area (Å²) >= 11 is 0. The van der Waals surface area contributed by atoms with Crippen LogP contribution in [0.2, 0.25) is 0 Å². The highest BCUT2D eigenvalue weighted by Gasteiger charge is 2.32. The van der Waals surface area contributed by atoms with Gasteiger partial charge in [-0.05, 0) is 62.7 Å². The number of hydrogen-bond acceptors (Lipinski definition) is 2. The molecule has 4 nitrogen and oxygen atoms in total. The van der Waals surface area contributed by atoms with E-state index in [2.05, 4.69) is 24.1 Å². The number of halogens is 3. The van der Waals surface area contributed by atoms with Crippen LogP contribution in [0.3, 0.4) is 0 Å². The third kappa shape index (κ3) is 6.88. The fraction of sp³-hybridized carbons (Fsp3) is 0.464. The third-order valence-electron chi connectivity index (χ3n) is 6.72. The number of alkyl halides is 3. The maximum atomic E-state index is 13.5. The zero-order valence-corrected chi connectivity index (χ0v) is 21.0. The van der Waals surface area contributed by atoms with Gasteiger partial charge in [-0.15, -0.1) is 0 Å². The van der Waals surface area contributed by atoms with E-state index in [0.29, 0.717) is 5.56 Å². The van der Waals surface area contributed by atoms with Crippen molar-refractivity contribution in [2.75, 3.05) is 19.6 Å². The Kier molecular flexibility index (Phi) is 9.00. The van der Waals surface area contributed by atoms with Gasteiger partial charge in [-0.25, -0.2) is 0 Å². The molecule has 2 atom stereocenters. The number of carbonyl (C=O) groups excluding carboxylic acids is 1. The molecule has 1 amide bonds. The van der Waals surface area contributed by atoms with E-state index in [9.17, 15) is 18.0 Å². The third-order valence-corrected chi connectivity index (χ3v) is 6.72. The van der Waals surface area contributed by atoms with E-state index in [4.69, 9.17) is 0 Å². The Bertz CT molecular complexity index is 1120. The molecule has 0 aliphatic carbocycles. The predicted molar refractivity (Wildman–Crippen MR) is 135 cm³/mol. The van der Waals surface area contributed by atoms with Crippen molar-refractivity contribution in [3.8, 4) is 0 Å². The first-order valence-electron chi connectivity index (χ1n) is 12.4. The molecule has 1 N–H and O–H groups in total. The normalized spacial score (nSPS) is 13.8. The van der Waals surface area contributed by atoms with E-state index in [1.165, 1.54) is 12.1 Å². The quantitative estimate of drug-likeness (QED) is 0.342. The second-order valence-electron chi connectivity index (χ2n) is 9.23. The average Bonchev–Trinajstić information content (AvgIpc) is 3.16. The zero-order valence-electron chi connectivity index (χ0n) is 21.0. The maximum absolute atomic E-state index is 13.5. The Balaban J connectivity index is 1.84. The van der Waals surface area contributed by atoms with E-state index < -0.39 is 17.7 Å². The zero-order chi connectivity index (χ0) is 25.6. The lowest BCUT2D eigenvalue weighted by Crippen LogP contribution is -2.34. The van der Waals surface area contributed by atoms with Gasteiger partial charge in [0.1, 0.15) is 0 Å². The van der Waals surface area contributed by atoms with E-state index >= 15 is 0 Å². The molecular formula is C28H36F3N3O. The minimum absolute atomic E-state index is 0.00672. The Labute approximate surface area is 206 Å². The number of nitrogens with zero attached hydrogens (tertiary/aromatic N) is 2. The molecule has 0 aliphatic heterocycles. The van der Waals surface area contributed by atoms with Crippen LogP contribution in [-0.4, -0.2) is 41.1 Å². The minimum atomic E-state index is -4.44. The number of aromatic nitrogens is 1. The van der Waals surface area contributed by atoms with Crippen LogP contribution >= 0.6 is 0 Å². The van der Waals surface area contributed by atoms with Crippen LogP contribution in [0.5, 0.6) is 0 Å². The summed E-state index contributed by atoms with van der Waals surface area (Å²) < 4.78 is 42.4. The van der Waals surface area contributed by atoms with E-state index in [1.807, 2.05) is 49.0 Å². The molecule has 0 aliphatic rings. The number of amides is 1. The highest BCUT2D eigenvalue weighted by molar-refractivity contribution is 5.86. The molecular weight excluding hydrogens is 451 g/mol. The van der Waals surface area contributed by atoms with Crippen LogP contribution in [0.25, 0.3) is 10.9 Å². The lowest BCUT2D eigenvalue weighted by Gasteiger charge is -2.22. The first-order chi connectivity index (χ1) is 16.6. The number of benzene rings is 2. The van der Waals surface area contributed by atoms with Gasteiger partial charge in [0, 0.05) is 42.5 Å². The molecule has 1 aromatic heterocycles. The number of aryl methyl sites for hydroxylation is 1. The molecule has 0 radical (unpaired) electrons. The topological polar surface area (TPSA) is 37.3 Å². The largest absolute Gasteiger partial charge is 0.416 e. The second-order valence-corrected chi connectivity index (χ2v) is 9.23. The van der Waals surface area contributed by atoms with Crippen LogP contribution < -0.4 is 5.32 Å². The smallest absolute Gasteiger partial charge is 0.354 e. The lowest BCUT2D eigenvalue weighted by atomic mass is 9.87. The highest BCUT2D eigenvalue weighted by atomic mass is 19.4. The van der Waals surface area contributed by atoms with Gasteiger partial charge in [-0.1, -0.05) is 50.2 Å². The number of para-hydroxylation sites is 1. The van der Waals surface area contributed by atoms with Gasteiger partial charge in [-0.2, -0.15) is 13.2 Å². The minimum Gasteiger partial charge on any atom is -0.354 e. The summed E-state index contributed by atoms with van der Waals surface area (Å²) in [6.45, 7) is 9.24. The summed E-state index contributed by atoms with van der Waals surface area (Å²) in [7, 11) is 1.91. The predicted octanol–water partition coefficient (Wildman–Crippen LogP) is 6.35. The van der Waals surface area contributed by atoms with Crippen molar-refractivity contribution >= 4 is 16.8 Å². The number of nitrogens with one attached hydrogen (secondary N) is 1. The number of hydrogen-bond donors (Lipinski definition) is 1. The maximum Gasteiger partial charge on any atom is 0.416 e. The monoisotopic (exact) mass is 487 g/mol. The summed E-state index contributed by atoms with van der Waals surface area (Å²) in [6.07, 6.45) is -0.610. The van der Waals surface area contributed by atoms with Crippen molar-refractivity contribution < 1.29 is 18.0 Å². The van der Waals surface area contributed by atoms with Gasteiger partial charge in [0.2, 0.25) is 5.91 Å². The molecule has 0 unspecified atom stereocenters. The standard InChI is InChI=1S/C28H36F3N3O/c1-5-34(6-2)16-10-11-20(3)32-27(35)18-24(21-12-9-13-22(17-21)28(29,30)31)25-19-33(4)26-15-8-7-14-23(25)26/h7-9,12-15,17,19-20,24H,5-6,10-11,16,18H2,1-4H3,(H,32,35)/t20-,24-/m1/s1. The molecule has 3 aromatic rings. The first-order valence-corrected chi connectivity index (χ1v) is 12.4. The molecule has 190 valence electrons. The summed E-state index contributed by atoms with van der Waals surface area (Å²) in [4.78, 5) is 15.4. The van der Waals surface area contributed by atoms with Gasteiger partial charge in [-0.3, -0.25) is 4.79 Å². The molecule has 7 heteroatoms. The summed E-state index contributed by atoms with van der Waals surface area (Å²) in [5.74, 6) is -0.651. The van der Waals surface area contributed by atoms with Gasteiger partial charge < -0.3 is 14.8 Å². The molecule has 35 heavy (non-hydrogen) atoms. The molecule has 1 heterocycles. The van der Waals surface area contributed by atoms with Gasteiger partial charge in [0.25, 0.3) is 0 Å². The van der Waals surface area contributed by atoms with Crippen LogP contribution in [0.1, 0.15) is 62.6 Å². The first kappa shape index (κ1) is 26.8. The molecule has 0 saturated carbocycles. The molecule has 3 rings (SSSR count). The van der Waals surface area contributed by atoms with Crippen LogP contribution in [-0.2, 0) is 18.0 Å². The highest BCUT2D eigenvalue weighted by Crippen LogP contribution is 2.37. The molecule has 0 fully saturated rings. The van der Waals surface area contributed by atoms with Crippen LogP contribution in [0, 0.1) is 0 Å². The van der Waals surface area contributed by atoms with Crippen molar-refractivity contribution in [1.29, 1.82) is 0 Å². The van der Waals surface area contributed by atoms with Crippen LogP contribution in [0.4, 0.5) is 13.2 Å². The van der Waals surface area contributed by atoms with Gasteiger partial charge >= 0.3 is 6.18 Å². The molecule has 0 spiro atoms. The van der Waals surface area contributed by atoms with E-state index in [-0.39, 0.29) is 18.4 Å². The Hall–Kier alpha value is -2.80. The van der Waals surface area contributed by atoms with E-state index in [0.717, 1.165) is 55.0 Å². The lowest BCUT2D eigenvalue weighted by molar-refractivity contribution is -0.137. The van der Waals surface area contributed by atoms with Crippen molar-refractivity contribution in [3.63, 3.8) is 0 Å². The fourth-order valence-corrected chi connectivity index (χ4v) is 4.74. The molecule has 0 saturated heterocycles. The number of carbonyl (C=O) groups is 1. The Morgan fingerprint density at radius 1 is 1.09 bits per heavy atom. The Morgan fingerprint density at radius 3 is 2.49 bits per heavy atom. The van der Waals surface area contributed by atoms with E-state index in [1.54, 1.807) is 6.07 Å². The van der Waals surface area contributed by atoms with Gasteiger partial charge in [0.05, 0.1) is 5.56 Å². The van der Waals surface area contributed by atoms with Crippen LogP contribution in [0.15, 0.2) is 54.7 Å². The van der Waals surface area contributed by atoms with Gasteiger partial charge in [0.15, 0.2) is 0 Å². The summed E-state index contributed by atoms with van der Waals surface area (Å²) in [5.41, 5.74) is 1.61. The second kappa shape index (κ2) is 11.8. The number of rotatable bonds is 11. The van der Waals surface area contributed by atoms with Crippen molar-refractivity contribution in [1.82, 2.24) is 14.8 Å². The molecule has 2 aromatic carbocycles. The summed E-state index contributed by atoms with van der Waals surface area (Å²) in [5, 5.41) is 4.01. The van der Waals surface area contributed by atoms with Crippen molar-refractivity contribution in [2.24, 2.45) is 7.05 Å². The summed E-state index contributed by atoms with van der Waals surface area (Å²) in [6, 6.07) is 13.1.